The number of nitro benzene ring substituents is 1. The Kier molecular flexibility index (Phi) is 5.35. The van der Waals surface area contributed by atoms with E-state index in [9.17, 15) is 19.7 Å². The molecule has 0 saturated carbocycles. The first-order valence-corrected chi connectivity index (χ1v) is 6.84. The number of nitrogens with zero attached hydrogens (tertiary/aromatic N) is 2. The fourth-order valence-corrected chi connectivity index (χ4v) is 1.85. The zero-order valence-electron chi connectivity index (χ0n) is 12.4. The fraction of sp³-hybridized carbons (Fsp3) is 0.0625. The van der Waals surface area contributed by atoms with E-state index in [0.717, 1.165) is 0 Å². The summed E-state index contributed by atoms with van der Waals surface area (Å²) in [5.74, 6) is -1.39. The Balaban J connectivity index is 1.88. The minimum Gasteiger partial charge on any atom is -0.478 e. The molecule has 0 heterocycles. The van der Waals surface area contributed by atoms with Crippen molar-refractivity contribution < 1.29 is 19.6 Å². The lowest BCUT2D eigenvalue weighted by Crippen LogP contribution is -2.19. The van der Waals surface area contributed by atoms with Gasteiger partial charge in [-0.15, -0.1) is 0 Å². The van der Waals surface area contributed by atoms with Gasteiger partial charge in [0.25, 0.3) is 5.69 Å². The van der Waals surface area contributed by atoms with Crippen molar-refractivity contribution in [2.24, 2.45) is 5.10 Å². The third kappa shape index (κ3) is 4.73. The molecule has 0 aliphatic carbocycles. The van der Waals surface area contributed by atoms with Crippen LogP contribution in [0.15, 0.2) is 53.6 Å². The average molecular weight is 327 g/mol. The predicted octanol–water partition coefficient (Wildman–Crippen LogP) is 1.99. The molecule has 0 aromatic heterocycles. The van der Waals surface area contributed by atoms with Gasteiger partial charge in [0.05, 0.1) is 23.1 Å². The number of nitrogens with one attached hydrogen (secondary N) is 1. The molecule has 24 heavy (non-hydrogen) atoms. The van der Waals surface area contributed by atoms with Gasteiger partial charge in [-0.25, -0.2) is 10.2 Å². The Hall–Kier alpha value is -3.55. The summed E-state index contributed by atoms with van der Waals surface area (Å²) in [6, 6.07) is 11.7. The first-order chi connectivity index (χ1) is 11.5. The van der Waals surface area contributed by atoms with Gasteiger partial charge in [-0.05, 0) is 23.3 Å². The van der Waals surface area contributed by atoms with Crippen LogP contribution in [0.2, 0.25) is 0 Å². The normalized spacial score (nSPS) is 10.5. The quantitative estimate of drug-likeness (QED) is 0.477. The molecule has 8 heteroatoms. The Morgan fingerprint density at radius 3 is 2.29 bits per heavy atom. The molecular formula is C16H13N3O5. The highest BCUT2D eigenvalue weighted by molar-refractivity contribution is 5.89. The second kappa shape index (κ2) is 7.63. The van der Waals surface area contributed by atoms with Crippen molar-refractivity contribution in [2.75, 3.05) is 0 Å². The van der Waals surface area contributed by atoms with Crippen LogP contribution in [0, 0.1) is 10.1 Å². The fourth-order valence-electron chi connectivity index (χ4n) is 1.85. The molecule has 0 atom stereocenters. The SMILES string of the molecule is O=C(Cc1ccc([N+](=O)[O-])cc1)N/N=C\c1ccc(C(=O)O)cc1. The number of carbonyl (C=O) groups is 2. The van der Waals surface area contributed by atoms with E-state index in [1.165, 1.54) is 42.6 Å². The van der Waals surface area contributed by atoms with Crippen LogP contribution in [-0.4, -0.2) is 28.1 Å². The molecule has 2 aromatic carbocycles. The van der Waals surface area contributed by atoms with E-state index < -0.39 is 10.9 Å². The number of amides is 1. The number of nitro groups is 1. The van der Waals surface area contributed by atoms with Crippen LogP contribution in [0.4, 0.5) is 5.69 Å². The number of benzene rings is 2. The van der Waals surface area contributed by atoms with Crippen LogP contribution < -0.4 is 5.43 Å². The van der Waals surface area contributed by atoms with Gasteiger partial charge in [0.15, 0.2) is 0 Å². The smallest absolute Gasteiger partial charge is 0.335 e. The van der Waals surface area contributed by atoms with Crippen LogP contribution in [0.5, 0.6) is 0 Å². The van der Waals surface area contributed by atoms with Crippen molar-refractivity contribution in [3.05, 3.63) is 75.3 Å². The maximum Gasteiger partial charge on any atom is 0.335 e. The van der Waals surface area contributed by atoms with Crippen molar-refractivity contribution >= 4 is 23.8 Å². The van der Waals surface area contributed by atoms with Crippen molar-refractivity contribution in [2.45, 2.75) is 6.42 Å². The number of carboxylic acid groups (broad SMARTS) is 1. The molecule has 2 aromatic rings. The molecule has 1 amide bonds. The molecule has 0 saturated heterocycles. The van der Waals surface area contributed by atoms with Crippen LogP contribution in [-0.2, 0) is 11.2 Å². The Morgan fingerprint density at radius 2 is 1.75 bits per heavy atom. The molecule has 8 nitrogen and oxygen atoms in total. The molecular weight excluding hydrogens is 314 g/mol. The Bertz CT molecular complexity index is 782. The van der Waals surface area contributed by atoms with Gasteiger partial charge in [0.1, 0.15) is 0 Å². The van der Waals surface area contributed by atoms with Crippen LogP contribution in [0.1, 0.15) is 21.5 Å². The zero-order valence-corrected chi connectivity index (χ0v) is 12.4. The highest BCUT2D eigenvalue weighted by Crippen LogP contribution is 2.12. The van der Waals surface area contributed by atoms with Gasteiger partial charge in [0, 0.05) is 12.1 Å². The number of carboxylic acids is 1. The van der Waals surface area contributed by atoms with E-state index in [-0.39, 0.29) is 23.6 Å². The molecule has 0 aliphatic rings. The third-order valence-corrected chi connectivity index (χ3v) is 3.07. The van der Waals surface area contributed by atoms with Crippen molar-refractivity contribution in [3.8, 4) is 0 Å². The van der Waals surface area contributed by atoms with E-state index in [1.807, 2.05) is 0 Å². The lowest BCUT2D eigenvalue weighted by atomic mass is 10.1. The standard InChI is InChI=1S/C16H13N3O5/c20-15(9-11-3-7-14(8-4-11)19(23)24)18-17-10-12-1-5-13(6-2-12)16(21)22/h1-8,10H,9H2,(H,18,20)(H,21,22)/b17-10-. The first kappa shape index (κ1) is 16.8. The molecule has 0 bridgehead atoms. The maximum atomic E-state index is 11.7. The minimum absolute atomic E-state index is 0.0350. The molecule has 0 spiro atoms. The van der Waals surface area contributed by atoms with Gasteiger partial charge in [-0.3, -0.25) is 14.9 Å². The summed E-state index contributed by atoms with van der Waals surface area (Å²) in [5.41, 5.74) is 3.72. The average Bonchev–Trinajstić information content (AvgIpc) is 2.55. The second-order valence-electron chi connectivity index (χ2n) is 4.82. The summed E-state index contributed by atoms with van der Waals surface area (Å²) < 4.78 is 0. The maximum absolute atomic E-state index is 11.7. The molecule has 0 aliphatic heterocycles. The van der Waals surface area contributed by atoms with E-state index >= 15 is 0 Å². The van der Waals surface area contributed by atoms with Crippen molar-refractivity contribution in [1.82, 2.24) is 5.43 Å². The summed E-state index contributed by atoms with van der Waals surface area (Å²) >= 11 is 0. The molecule has 0 fully saturated rings. The molecule has 0 radical (unpaired) electrons. The Morgan fingerprint density at radius 1 is 1.12 bits per heavy atom. The van der Waals surface area contributed by atoms with Crippen LogP contribution in [0.3, 0.4) is 0 Å². The second-order valence-corrected chi connectivity index (χ2v) is 4.82. The molecule has 0 unspecified atom stereocenters. The minimum atomic E-state index is -1.02. The largest absolute Gasteiger partial charge is 0.478 e. The highest BCUT2D eigenvalue weighted by atomic mass is 16.6. The van der Waals surface area contributed by atoms with Gasteiger partial charge in [-0.2, -0.15) is 5.10 Å². The monoisotopic (exact) mass is 327 g/mol. The topological polar surface area (TPSA) is 122 Å². The van der Waals surface area contributed by atoms with Gasteiger partial charge < -0.3 is 5.11 Å². The third-order valence-electron chi connectivity index (χ3n) is 3.07. The molecule has 2 N–H and O–H groups in total. The number of hydrazone groups is 1. The lowest BCUT2D eigenvalue weighted by Gasteiger charge is -2.00. The summed E-state index contributed by atoms with van der Waals surface area (Å²) in [6.45, 7) is 0. The number of hydrogen-bond acceptors (Lipinski definition) is 5. The number of carbonyl (C=O) groups excluding carboxylic acids is 1. The zero-order chi connectivity index (χ0) is 17.5. The van der Waals surface area contributed by atoms with Gasteiger partial charge in [-0.1, -0.05) is 24.3 Å². The number of aromatic carboxylic acids is 1. The van der Waals surface area contributed by atoms with Crippen LogP contribution >= 0.6 is 0 Å². The summed E-state index contributed by atoms with van der Waals surface area (Å²) in [4.78, 5) is 32.5. The summed E-state index contributed by atoms with van der Waals surface area (Å²) in [6.07, 6.45) is 1.42. The predicted molar refractivity (Wildman–Crippen MR) is 85.9 cm³/mol. The molecule has 2 rings (SSSR count). The van der Waals surface area contributed by atoms with E-state index in [0.29, 0.717) is 11.1 Å². The number of hydrogen-bond donors (Lipinski definition) is 2. The number of rotatable bonds is 6. The molecule has 122 valence electrons. The summed E-state index contributed by atoms with van der Waals surface area (Å²) in [7, 11) is 0. The first-order valence-electron chi connectivity index (χ1n) is 6.84. The van der Waals surface area contributed by atoms with Crippen molar-refractivity contribution in [1.29, 1.82) is 0 Å². The van der Waals surface area contributed by atoms with Crippen molar-refractivity contribution in [3.63, 3.8) is 0 Å². The highest BCUT2D eigenvalue weighted by Gasteiger charge is 2.06. The van der Waals surface area contributed by atoms with Gasteiger partial charge in [0.2, 0.25) is 5.91 Å². The Labute approximate surface area is 136 Å². The van der Waals surface area contributed by atoms with E-state index in [4.69, 9.17) is 5.11 Å². The van der Waals surface area contributed by atoms with E-state index in [1.54, 1.807) is 12.1 Å². The summed E-state index contributed by atoms with van der Waals surface area (Å²) in [5, 5.41) is 23.1. The lowest BCUT2D eigenvalue weighted by molar-refractivity contribution is -0.384. The number of non-ortho nitro benzene ring substituents is 1. The van der Waals surface area contributed by atoms with Crippen LogP contribution in [0.25, 0.3) is 0 Å². The van der Waals surface area contributed by atoms with E-state index in [2.05, 4.69) is 10.5 Å². The van der Waals surface area contributed by atoms with Gasteiger partial charge >= 0.3 is 5.97 Å².